The van der Waals surface area contributed by atoms with E-state index in [1.54, 1.807) is 4.90 Å². The number of nitrogens with zero attached hydrogens (tertiary/aromatic N) is 2. The monoisotopic (exact) mass is 381 g/mol. The molecule has 0 unspecified atom stereocenters. The third kappa shape index (κ3) is 4.47. The number of rotatable bonds is 4. The van der Waals surface area contributed by atoms with Gasteiger partial charge < -0.3 is 10.6 Å². The van der Waals surface area contributed by atoms with Crippen LogP contribution < -0.4 is 5.73 Å². The predicted octanol–water partition coefficient (Wildman–Crippen LogP) is 3.47. The number of nitrogen functional groups attached to an aromatic ring is 1. The molecule has 1 fully saturated rings. The molecule has 8 heteroatoms. The molecule has 1 amide bonds. The molecule has 7 nitrogen and oxygen atoms in total. The first-order chi connectivity index (χ1) is 12.6. The highest BCUT2D eigenvalue weighted by Crippen LogP contribution is 2.31. The van der Waals surface area contributed by atoms with Gasteiger partial charge in [-0.25, -0.2) is 24.3 Å². The second-order valence-corrected chi connectivity index (χ2v) is 8.21. The molecule has 1 saturated carbocycles. The molecule has 2 aliphatic carbocycles. The molecule has 2 aliphatic rings. The van der Waals surface area contributed by atoms with E-state index in [0.717, 1.165) is 68.4 Å². The van der Waals surface area contributed by atoms with Gasteiger partial charge in [0.25, 0.3) is 0 Å². The van der Waals surface area contributed by atoms with Crippen molar-refractivity contribution in [3.8, 4) is 0 Å². The number of aromatic nitrogens is 1. The van der Waals surface area contributed by atoms with E-state index in [9.17, 15) is 9.59 Å². The number of thiazole rings is 1. The molecule has 0 aliphatic heterocycles. The largest absolute Gasteiger partial charge is 0.453 e. The molecule has 144 valence electrons. The molecule has 0 bridgehead atoms. The van der Waals surface area contributed by atoms with Gasteiger partial charge in [0.05, 0.1) is 11.6 Å². The second-order valence-electron chi connectivity index (χ2n) is 7.10. The zero-order chi connectivity index (χ0) is 18.5. The Hall–Kier alpha value is -1.83. The molecule has 3 rings (SSSR count). The van der Waals surface area contributed by atoms with E-state index in [0.29, 0.717) is 11.7 Å². The van der Waals surface area contributed by atoms with Crippen molar-refractivity contribution in [1.29, 1.82) is 0 Å². The molecule has 0 spiro atoms. The molecule has 0 saturated heterocycles. The third-order valence-corrected chi connectivity index (χ3v) is 6.15. The average molecular weight is 381 g/mol. The Balaban J connectivity index is 1.56. The average Bonchev–Trinajstić information content (AvgIpc) is 3.03. The van der Waals surface area contributed by atoms with Gasteiger partial charge in [-0.3, -0.25) is 0 Å². The summed E-state index contributed by atoms with van der Waals surface area (Å²) in [7, 11) is 0. The lowest BCUT2D eigenvalue weighted by Crippen LogP contribution is -2.44. The van der Waals surface area contributed by atoms with Gasteiger partial charge in [0, 0.05) is 23.9 Å². The number of aryl methyl sites for hydroxylation is 1. The van der Waals surface area contributed by atoms with Crippen LogP contribution in [0, 0.1) is 5.92 Å². The van der Waals surface area contributed by atoms with E-state index in [4.69, 9.17) is 15.5 Å². The Kier molecular flexibility index (Phi) is 6.34. The number of carbonyl (C=O) groups excluding carboxylic acids is 2. The third-order valence-electron chi connectivity index (χ3n) is 5.20. The van der Waals surface area contributed by atoms with Crippen molar-refractivity contribution in [3.63, 3.8) is 0 Å². The molecule has 1 aromatic rings. The van der Waals surface area contributed by atoms with Gasteiger partial charge in [0.2, 0.25) is 0 Å². The molecule has 2 N–H and O–H groups in total. The van der Waals surface area contributed by atoms with Gasteiger partial charge >= 0.3 is 12.1 Å². The van der Waals surface area contributed by atoms with E-state index >= 15 is 0 Å². The fourth-order valence-corrected chi connectivity index (χ4v) is 4.79. The number of hydrogen-bond acceptors (Lipinski definition) is 7. The van der Waals surface area contributed by atoms with Crippen molar-refractivity contribution in [3.05, 3.63) is 10.6 Å². The predicted molar refractivity (Wildman–Crippen MR) is 98.5 cm³/mol. The van der Waals surface area contributed by atoms with Crippen molar-refractivity contribution in [2.75, 3.05) is 12.3 Å². The maximum atomic E-state index is 12.5. The summed E-state index contributed by atoms with van der Waals surface area (Å²) in [5, 5.41) is 0.571. The molecule has 1 atom stereocenters. The normalized spacial score (nSPS) is 20.3. The van der Waals surface area contributed by atoms with Crippen LogP contribution in [0.25, 0.3) is 0 Å². The standard InChI is InChI=1S/C18H27N3O4S/c1-2-10-21(13-8-9-14-15(11-13)26-17(19)20-14)18(23)25-24-16(22)12-6-4-3-5-7-12/h12-13H,2-11H2,1H3,(H2,19,20)/t13-/m0/s1. The van der Waals surface area contributed by atoms with Gasteiger partial charge in [-0.2, -0.15) is 0 Å². The summed E-state index contributed by atoms with van der Waals surface area (Å²) in [6.45, 7) is 2.57. The summed E-state index contributed by atoms with van der Waals surface area (Å²) in [5.41, 5.74) is 6.83. The highest BCUT2D eigenvalue weighted by molar-refractivity contribution is 7.15. The number of carbonyl (C=O) groups is 2. The Bertz CT molecular complexity index is 642. The zero-order valence-electron chi connectivity index (χ0n) is 15.2. The van der Waals surface area contributed by atoms with Gasteiger partial charge in [0.15, 0.2) is 5.13 Å². The number of hydrogen-bond donors (Lipinski definition) is 1. The number of amides is 1. The first-order valence-corrected chi connectivity index (χ1v) is 10.3. The highest BCUT2D eigenvalue weighted by Gasteiger charge is 2.32. The smallest absolute Gasteiger partial charge is 0.375 e. The van der Waals surface area contributed by atoms with Crippen molar-refractivity contribution in [2.45, 2.75) is 70.8 Å². The lowest BCUT2D eigenvalue weighted by atomic mass is 9.89. The highest BCUT2D eigenvalue weighted by atomic mass is 32.1. The van der Waals surface area contributed by atoms with Crippen molar-refractivity contribution in [2.24, 2.45) is 5.92 Å². The number of anilines is 1. The maximum Gasteiger partial charge on any atom is 0.453 e. The lowest BCUT2D eigenvalue weighted by molar-refractivity contribution is -0.243. The van der Waals surface area contributed by atoms with Crippen LogP contribution in [0.1, 0.15) is 62.4 Å². The van der Waals surface area contributed by atoms with Crippen LogP contribution in [0.3, 0.4) is 0 Å². The molecule has 1 heterocycles. The van der Waals surface area contributed by atoms with E-state index in [2.05, 4.69) is 4.98 Å². The minimum absolute atomic E-state index is 0.0168. The van der Waals surface area contributed by atoms with Crippen LogP contribution in [0.4, 0.5) is 9.93 Å². The van der Waals surface area contributed by atoms with Crippen LogP contribution in [0.5, 0.6) is 0 Å². The first kappa shape index (κ1) is 18.9. The molecule has 0 radical (unpaired) electrons. The Morgan fingerprint density at radius 3 is 2.73 bits per heavy atom. The summed E-state index contributed by atoms with van der Waals surface area (Å²) in [6.07, 6.45) is 7.37. The molecule has 26 heavy (non-hydrogen) atoms. The number of fused-ring (bicyclic) bond motifs is 1. The zero-order valence-corrected chi connectivity index (χ0v) is 16.1. The van der Waals surface area contributed by atoms with E-state index in [-0.39, 0.29) is 12.0 Å². The van der Waals surface area contributed by atoms with Gasteiger partial charge in [-0.15, -0.1) is 11.3 Å². The van der Waals surface area contributed by atoms with Crippen molar-refractivity contribution >= 4 is 28.5 Å². The summed E-state index contributed by atoms with van der Waals surface area (Å²) in [6, 6.07) is 0.0168. The molecular weight excluding hydrogens is 354 g/mol. The van der Waals surface area contributed by atoms with Gasteiger partial charge in [0.1, 0.15) is 0 Å². The van der Waals surface area contributed by atoms with E-state index in [1.165, 1.54) is 11.3 Å². The molecule has 0 aromatic carbocycles. The molecular formula is C18H27N3O4S. The Morgan fingerprint density at radius 1 is 1.23 bits per heavy atom. The summed E-state index contributed by atoms with van der Waals surface area (Å²) in [4.78, 5) is 41.6. The lowest BCUT2D eigenvalue weighted by Gasteiger charge is -2.32. The summed E-state index contributed by atoms with van der Waals surface area (Å²) in [5.74, 6) is -0.566. The van der Waals surface area contributed by atoms with Gasteiger partial charge in [-0.1, -0.05) is 26.2 Å². The maximum absolute atomic E-state index is 12.5. The van der Waals surface area contributed by atoms with E-state index < -0.39 is 12.1 Å². The Labute approximate surface area is 157 Å². The van der Waals surface area contributed by atoms with Crippen molar-refractivity contribution < 1.29 is 19.4 Å². The van der Waals surface area contributed by atoms with Crippen LogP contribution in [-0.4, -0.2) is 34.5 Å². The van der Waals surface area contributed by atoms with Gasteiger partial charge in [-0.05, 0) is 32.1 Å². The summed E-state index contributed by atoms with van der Waals surface area (Å²) < 4.78 is 0. The SMILES string of the molecule is CCCN(C(=O)OOC(=O)C1CCCCC1)[C@H]1CCc2nc(N)sc2C1. The van der Waals surface area contributed by atoms with Crippen LogP contribution in [-0.2, 0) is 27.4 Å². The Morgan fingerprint density at radius 2 is 2.00 bits per heavy atom. The summed E-state index contributed by atoms with van der Waals surface area (Å²) >= 11 is 1.48. The second kappa shape index (κ2) is 8.70. The van der Waals surface area contributed by atoms with Crippen LogP contribution >= 0.6 is 11.3 Å². The van der Waals surface area contributed by atoms with Crippen LogP contribution in [0.15, 0.2) is 0 Å². The van der Waals surface area contributed by atoms with E-state index in [1.807, 2.05) is 6.92 Å². The minimum atomic E-state index is -0.582. The first-order valence-electron chi connectivity index (χ1n) is 9.51. The number of nitrogens with two attached hydrogens (primary N) is 1. The fraction of sp³-hybridized carbons (Fsp3) is 0.722. The minimum Gasteiger partial charge on any atom is -0.375 e. The quantitative estimate of drug-likeness (QED) is 0.634. The fourth-order valence-electron chi connectivity index (χ4n) is 3.84. The molecule has 1 aromatic heterocycles. The van der Waals surface area contributed by atoms with Crippen LogP contribution in [0.2, 0.25) is 0 Å². The van der Waals surface area contributed by atoms with Crippen molar-refractivity contribution in [1.82, 2.24) is 9.88 Å². The topological polar surface area (TPSA) is 94.8 Å².